The van der Waals surface area contributed by atoms with E-state index < -0.39 is 4.92 Å². The lowest BCUT2D eigenvalue weighted by atomic mass is 9.83. The average Bonchev–Trinajstić information content (AvgIpc) is 2.69. The van der Waals surface area contributed by atoms with E-state index in [1.165, 1.54) is 0 Å². The lowest BCUT2D eigenvalue weighted by Gasteiger charge is -2.29. The highest BCUT2D eigenvalue weighted by Crippen LogP contribution is 2.29. The molecule has 1 aromatic rings. The van der Waals surface area contributed by atoms with Gasteiger partial charge in [-0.05, 0) is 22.7 Å². The molecular formula is C12H22N4O3. The summed E-state index contributed by atoms with van der Waals surface area (Å²) in [5.74, 6) is 0.804. The van der Waals surface area contributed by atoms with Gasteiger partial charge in [-0.2, -0.15) is 0 Å². The van der Waals surface area contributed by atoms with E-state index in [4.69, 9.17) is 0 Å². The van der Waals surface area contributed by atoms with Gasteiger partial charge in [0.2, 0.25) is 11.6 Å². The minimum absolute atomic E-state index is 0.0532. The zero-order valence-corrected chi connectivity index (χ0v) is 11.9. The van der Waals surface area contributed by atoms with Crippen molar-refractivity contribution in [2.75, 3.05) is 18.5 Å². The van der Waals surface area contributed by atoms with Crippen LogP contribution in [0.3, 0.4) is 0 Å². The first-order chi connectivity index (χ1) is 8.90. The molecule has 1 heterocycles. The third-order valence-corrected chi connectivity index (χ3v) is 3.94. The van der Waals surface area contributed by atoms with Gasteiger partial charge in [0.05, 0.1) is 6.61 Å². The third-order valence-electron chi connectivity index (χ3n) is 3.94. The van der Waals surface area contributed by atoms with E-state index >= 15 is 0 Å². The largest absolute Gasteiger partial charge is 0.406 e. The minimum Gasteiger partial charge on any atom is -0.396 e. The Kier molecular flexibility index (Phi) is 4.88. The molecule has 0 bridgehead atoms. The number of aromatic nitrogens is 2. The van der Waals surface area contributed by atoms with Crippen molar-refractivity contribution < 1.29 is 10.0 Å². The maximum absolute atomic E-state index is 11.0. The second-order valence-electron chi connectivity index (χ2n) is 4.87. The van der Waals surface area contributed by atoms with E-state index in [9.17, 15) is 15.2 Å². The molecule has 0 unspecified atom stereocenters. The fraction of sp³-hybridized carbons (Fsp3) is 0.750. The molecular weight excluding hydrogens is 248 g/mol. The smallest absolute Gasteiger partial charge is 0.396 e. The summed E-state index contributed by atoms with van der Waals surface area (Å²) in [4.78, 5) is 14.4. The molecule has 0 aliphatic heterocycles. The van der Waals surface area contributed by atoms with Crippen molar-refractivity contribution in [1.82, 2.24) is 9.55 Å². The molecule has 0 aliphatic carbocycles. The predicted octanol–water partition coefficient (Wildman–Crippen LogP) is 1.85. The first kappa shape index (κ1) is 15.4. The number of hydrogen-bond acceptors (Lipinski definition) is 5. The van der Waals surface area contributed by atoms with E-state index in [0.29, 0.717) is 18.2 Å². The monoisotopic (exact) mass is 270 g/mol. The lowest BCUT2D eigenvalue weighted by Crippen LogP contribution is -2.32. The van der Waals surface area contributed by atoms with Crippen molar-refractivity contribution in [1.29, 1.82) is 0 Å². The lowest BCUT2D eigenvalue weighted by molar-refractivity contribution is -0.388. The van der Waals surface area contributed by atoms with Gasteiger partial charge < -0.3 is 20.5 Å². The summed E-state index contributed by atoms with van der Waals surface area (Å²) in [5.41, 5.74) is -0.258. The Hall–Kier alpha value is -1.63. The average molecular weight is 270 g/mol. The molecule has 0 amide bonds. The molecule has 0 atom stereocenters. The van der Waals surface area contributed by atoms with Crippen molar-refractivity contribution in [3.05, 3.63) is 15.9 Å². The summed E-state index contributed by atoms with van der Waals surface area (Å²) in [5, 5.41) is 23.5. The molecule has 0 saturated carbocycles. The zero-order valence-electron chi connectivity index (χ0n) is 11.9. The Labute approximate surface area is 112 Å². The Balaban J connectivity index is 2.97. The maximum atomic E-state index is 11.0. The Morgan fingerprint density at radius 1 is 1.47 bits per heavy atom. The van der Waals surface area contributed by atoms with Crippen LogP contribution in [0.2, 0.25) is 0 Å². The highest BCUT2D eigenvalue weighted by molar-refractivity contribution is 5.53. The highest BCUT2D eigenvalue weighted by Gasteiger charge is 2.29. The summed E-state index contributed by atoms with van der Waals surface area (Å²) in [6.07, 6.45) is 1.61. The number of aliphatic hydroxyl groups excluding tert-OH is 1. The van der Waals surface area contributed by atoms with Gasteiger partial charge in [-0.15, -0.1) is 0 Å². The second-order valence-corrected chi connectivity index (χ2v) is 4.87. The normalized spacial score (nSPS) is 11.6. The van der Waals surface area contributed by atoms with E-state index in [1.807, 2.05) is 13.8 Å². The topological polar surface area (TPSA) is 93.2 Å². The molecule has 1 aromatic heterocycles. The molecule has 0 aliphatic rings. The molecule has 0 radical (unpaired) electrons. The third kappa shape index (κ3) is 3.04. The second kappa shape index (κ2) is 6.01. The SMILES string of the molecule is CCC(CC)(CO)CNc1c([N+](=O)[O-])nc(C)n1C. The summed E-state index contributed by atoms with van der Waals surface area (Å²) >= 11 is 0. The van der Waals surface area contributed by atoms with Crippen LogP contribution in [-0.2, 0) is 7.05 Å². The first-order valence-electron chi connectivity index (χ1n) is 6.43. The summed E-state index contributed by atoms with van der Waals surface area (Å²) in [6, 6.07) is 0. The number of imidazole rings is 1. The van der Waals surface area contributed by atoms with Gasteiger partial charge in [0.15, 0.2) is 0 Å². The van der Waals surface area contributed by atoms with Crippen molar-refractivity contribution >= 4 is 11.6 Å². The van der Waals surface area contributed by atoms with Crippen LogP contribution in [0.4, 0.5) is 11.6 Å². The Bertz CT molecular complexity index is 444. The van der Waals surface area contributed by atoms with Crippen LogP contribution in [0.5, 0.6) is 0 Å². The van der Waals surface area contributed by atoms with Crippen molar-refractivity contribution in [2.45, 2.75) is 33.6 Å². The van der Waals surface area contributed by atoms with E-state index in [-0.39, 0.29) is 17.8 Å². The molecule has 0 spiro atoms. The van der Waals surface area contributed by atoms with E-state index in [2.05, 4.69) is 10.3 Å². The molecule has 7 nitrogen and oxygen atoms in total. The number of aryl methyl sites for hydroxylation is 1. The molecule has 7 heteroatoms. The van der Waals surface area contributed by atoms with Gasteiger partial charge in [-0.1, -0.05) is 13.8 Å². The Morgan fingerprint density at radius 3 is 2.47 bits per heavy atom. The van der Waals surface area contributed by atoms with Crippen molar-refractivity contribution in [2.24, 2.45) is 12.5 Å². The van der Waals surface area contributed by atoms with Gasteiger partial charge in [0.25, 0.3) is 0 Å². The number of nitrogens with one attached hydrogen (secondary N) is 1. The van der Waals surface area contributed by atoms with Gasteiger partial charge >= 0.3 is 5.82 Å². The van der Waals surface area contributed by atoms with Gasteiger partial charge in [0, 0.05) is 25.9 Å². The van der Waals surface area contributed by atoms with E-state index in [1.54, 1.807) is 18.5 Å². The fourth-order valence-electron chi connectivity index (χ4n) is 1.97. The molecule has 0 fully saturated rings. The molecule has 108 valence electrons. The summed E-state index contributed by atoms with van der Waals surface area (Å²) < 4.78 is 1.66. The van der Waals surface area contributed by atoms with Crippen LogP contribution in [0.1, 0.15) is 32.5 Å². The number of hydrogen-bond donors (Lipinski definition) is 2. The number of anilines is 1. The van der Waals surface area contributed by atoms with Gasteiger partial charge in [-0.25, -0.2) is 0 Å². The van der Waals surface area contributed by atoms with Crippen LogP contribution in [0, 0.1) is 22.5 Å². The first-order valence-corrected chi connectivity index (χ1v) is 6.43. The van der Waals surface area contributed by atoms with Gasteiger partial charge in [-0.3, -0.25) is 4.57 Å². The molecule has 0 aromatic carbocycles. The van der Waals surface area contributed by atoms with Crippen LogP contribution in [0.25, 0.3) is 0 Å². The van der Waals surface area contributed by atoms with Gasteiger partial charge in [0.1, 0.15) is 0 Å². The highest BCUT2D eigenvalue weighted by atomic mass is 16.6. The standard InChI is InChI=1S/C12H22N4O3/c1-5-12(6-2,8-17)7-13-10-11(16(18)19)14-9(3)15(10)4/h13,17H,5-8H2,1-4H3. The molecule has 0 saturated heterocycles. The molecule has 19 heavy (non-hydrogen) atoms. The van der Waals surface area contributed by atoms with Crippen LogP contribution >= 0.6 is 0 Å². The van der Waals surface area contributed by atoms with Crippen LogP contribution < -0.4 is 5.32 Å². The van der Waals surface area contributed by atoms with Crippen LogP contribution in [0.15, 0.2) is 0 Å². The molecule has 2 N–H and O–H groups in total. The fourth-order valence-corrected chi connectivity index (χ4v) is 1.97. The molecule has 1 rings (SSSR count). The maximum Gasteiger partial charge on any atom is 0.406 e. The number of nitrogens with zero attached hydrogens (tertiary/aromatic N) is 3. The van der Waals surface area contributed by atoms with E-state index in [0.717, 1.165) is 12.8 Å². The zero-order chi connectivity index (χ0) is 14.6. The van der Waals surface area contributed by atoms with Crippen molar-refractivity contribution in [3.63, 3.8) is 0 Å². The number of nitro groups is 1. The Morgan fingerprint density at radius 2 is 2.05 bits per heavy atom. The van der Waals surface area contributed by atoms with Crippen LogP contribution in [-0.4, -0.2) is 32.7 Å². The van der Waals surface area contributed by atoms with Crippen molar-refractivity contribution in [3.8, 4) is 0 Å². The summed E-state index contributed by atoms with van der Waals surface area (Å²) in [7, 11) is 1.73. The minimum atomic E-state index is -0.492. The number of rotatable bonds is 7. The predicted molar refractivity (Wildman–Crippen MR) is 73.2 cm³/mol. The summed E-state index contributed by atoms with van der Waals surface area (Å²) in [6.45, 7) is 6.26. The number of aliphatic hydroxyl groups is 1. The quantitative estimate of drug-likeness (QED) is 0.582.